The van der Waals surface area contributed by atoms with Crippen molar-refractivity contribution in [2.75, 3.05) is 19.8 Å². The number of nitrogens with one attached hydrogen (secondary N) is 1. The van der Waals surface area contributed by atoms with E-state index in [2.05, 4.69) is 25.2 Å². The third-order valence-electron chi connectivity index (χ3n) is 3.28. The maximum absolute atomic E-state index is 5.42. The first-order valence-electron chi connectivity index (χ1n) is 5.28. The van der Waals surface area contributed by atoms with Gasteiger partial charge in [0.15, 0.2) is 0 Å². The minimum Gasteiger partial charge on any atom is -0.381 e. The van der Waals surface area contributed by atoms with E-state index in [4.69, 9.17) is 4.74 Å². The van der Waals surface area contributed by atoms with E-state index >= 15 is 0 Å². The van der Waals surface area contributed by atoms with Crippen LogP contribution in [0.25, 0.3) is 0 Å². The molecule has 0 atom stereocenters. The van der Waals surface area contributed by atoms with Crippen molar-refractivity contribution in [3.8, 4) is 0 Å². The molecule has 2 heteroatoms. The SMILES string of the molecule is CC(C)C1=CCNC12CCOCC2. The van der Waals surface area contributed by atoms with Gasteiger partial charge in [-0.15, -0.1) is 0 Å². The molecule has 1 fully saturated rings. The highest BCUT2D eigenvalue weighted by Gasteiger charge is 2.39. The van der Waals surface area contributed by atoms with Crippen molar-refractivity contribution in [3.05, 3.63) is 11.6 Å². The Kier molecular flexibility index (Phi) is 2.43. The highest BCUT2D eigenvalue weighted by Crippen LogP contribution is 2.35. The predicted molar refractivity (Wildman–Crippen MR) is 53.7 cm³/mol. The number of hydrogen-bond donors (Lipinski definition) is 1. The highest BCUT2D eigenvalue weighted by atomic mass is 16.5. The van der Waals surface area contributed by atoms with Gasteiger partial charge in [0.2, 0.25) is 0 Å². The Morgan fingerprint density at radius 3 is 2.69 bits per heavy atom. The first kappa shape index (κ1) is 9.22. The van der Waals surface area contributed by atoms with E-state index in [1.54, 1.807) is 5.57 Å². The molecule has 1 saturated heterocycles. The van der Waals surface area contributed by atoms with E-state index < -0.39 is 0 Å². The van der Waals surface area contributed by atoms with Crippen LogP contribution in [0.1, 0.15) is 26.7 Å². The standard InChI is InChI=1S/C11H19NO/c1-9(2)10-3-6-12-11(10)4-7-13-8-5-11/h3,9,12H,4-8H2,1-2H3. The fraction of sp³-hybridized carbons (Fsp3) is 0.818. The first-order chi connectivity index (χ1) is 6.25. The lowest BCUT2D eigenvalue weighted by molar-refractivity contribution is 0.0534. The van der Waals surface area contributed by atoms with E-state index in [0.29, 0.717) is 11.5 Å². The molecule has 2 heterocycles. The first-order valence-corrected chi connectivity index (χ1v) is 5.28. The third-order valence-corrected chi connectivity index (χ3v) is 3.28. The van der Waals surface area contributed by atoms with Gasteiger partial charge in [0, 0.05) is 25.3 Å². The van der Waals surface area contributed by atoms with Crippen LogP contribution in [0.3, 0.4) is 0 Å². The van der Waals surface area contributed by atoms with E-state index in [1.165, 1.54) is 0 Å². The molecular weight excluding hydrogens is 162 g/mol. The van der Waals surface area contributed by atoms with Crippen LogP contribution in [0.15, 0.2) is 11.6 Å². The minimum absolute atomic E-state index is 0.298. The summed E-state index contributed by atoms with van der Waals surface area (Å²) in [7, 11) is 0. The van der Waals surface area contributed by atoms with Crippen molar-refractivity contribution in [1.29, 1.82) is 0 Å². The molecule has 0 aliphatic carbocycles. The molecule has 0 amide bonds. The molecule has 0 unspecified atom stereocenters. The number of rotatable bonds is 1. The van der Waals surface area contributed by atoms with Crippen LogP contribution in [0.2, 0.25) is 0 Å². The van der Waals surface area contributed by atoms with Crippen LogP contribution < -0.4 is 5.32 Å². The predicted octanol–water partition coefficient (Wildman–Crippen LogP) is 1.72. The molecule has 1 N–H and O–H groups in total. The largest absolute Gasteiger partial charge is 0.381 e. The Labute approximate surface area is 80.4 Å². The summed E-state index contributed by atoms with van der Waals surface area (Å²) in [5.41, 5.74) is 1.91. The zero-order chi connectivity index (χ0) is 9.31. The summed E-state index contributed by atoms with van der Waals surface area (Å²) in [5, 5.41) is 3.63. The van der Waals surface area contributed by atoms with Crippen molar-refractivity contribution in [3.63, 3.8) is 0 Å². The average molecular weight is 181 g/mol. The van der Waals surface area contributed by atoms with Gasteiger partial charge in [0.05, 0.1) is 0 Å². The molecular formula is C11H19NO. The van der Waals surface area contributed by atoms with Crippen LogP contribution in [0.4, 0.5) is 0 Å². The second kappa shape index (κ2) is 3.43. The highest BCUT2D eigenvalue weighted by molar-refractivity contribution is 5.28. The van der Waals surface area contributed by atoms with Crippen LogP contribution in [-0.4, -0.2) is 25.3 Å². The van der Waals surface area contributed by atoms with Gasteiger partial charge in [-0.2, -0.15) is 0 Å². The molecule has 0 bridgehead atoms. The molecule has 2 aliphatic heterocycles. The molecule has 0 aromatic heterocycles. The van der Waals surface area contributed by atoms with Crippen LogP contribution in [-0.2, 0) is 4.74 Å². The molecule has 2 rings (SSSR count). The smallest absolute Gasteiger partial charge is 0.0486 e. The Hall–Kier alpha value is -0.340. The molecule has 1 spiro atoms. The van der Waals surface area contributed by atoms with Crippen molar-refractivity contribution in [1.82, 2.24) is 5.32 Å². The van der Waals surface area contributed by atoms with Crippen LogP contribution >= 0.6 is 0 Å². The van der Waals surface area contributed by atoms with Gasteiger partial charge < -0.3 is 10.1 Å². The van der Waals surface area contributed by atoms with Crippen molar-refractivity contribution in [2.24, 2.45) is 5.92 Å². The van der Waals surface area contributed by atoms with Crippen molar-refractivity contribution < 1.29 is 4.74 Å². The fourth-order valence-electron chi connectivity index (χ4n) is 2.63. The second-order valence-electron chi connectivity index (χ2n) is 4.39. The van der Waals surface area contributed by atoms with Gasteiger partial charge in [0.1, 0.15) is 0 Å². The maximum atomic E-state index is 5.42. The topological polar surface area (TPSA) is 21.3 Å². The van der Waals surface area contributed by atoms with E-state index in [9.17, 15) is 0 Å². The summed E-state index contributed by atoms with van der Waals surface area (Å²) in [6.45, 7) is 7.45. The summed E-state index contributed by atoms with van der Waals surface area (Å²) in [4.78, 5) is 0. The minimum atomic E-state index is 0.298. The van der Waals surface area contributed by atoms with E-state index in [0.717, 1.165) is 32.6 Å². The molecule has 2 nitrogen and oxygen atoms in total. The van der Waals surface area contributed by atoms with Crippen molar-refractivity contribution in [2.45, 2.75) is 32.2 Å². The molecule has 2 aliphatic rings. The maximum Gasteiger partial charge on any atom is 0.0486 e. The van der Waals surface area contributed by atoms with Gasteiger partial charge in [0.25, 0.3) is 0 Å². The lowest BCUT2D eigenvalue weighted by Gasteiger charge is -2.38. The number of hydrogen-bond acceptors (Lipinski definition) is 2. The molecule has 0 radical (unpaired) electrons. The monoisotopic (exact) mass is 181 g/mol. The molecule has 0 aromatic carbocycles. The summed E-state index contributed by atoms with van der Waals surface area (Å²) in [5.74, 6) is 0.674. The zero-order valence-electron chi connectivity index (χ0n) is 8.60. The van der Waals surface area contributed by atoms with Gasteiger partial charge >= 0.3 is 0 Å². The number of ether oxygens (including phenoxy) is 1. The molecule has 13 heavy (non-hydrogen) atoms. The average Bonchev–Trinajstić information content (AvgIpc) is 2.50. The van der Waals surface area contributed by atoms with Gasteiger partial charge in [-0.05, 0) is 18.8 Å². The fourth-order valence-corrected chi connectivity index (χ4v) is 2.63. The van der Waals surface area contributed by atoms with Gasteiger partial charge in [-0.1, -0.05) is 25.5 Å². The molecule has 74 valence electrons. The van der Waals surface area contributed by atoms with E-state index in [1.807, 2.05) is 0 Å². The Morgan fingerprint density at radius 1 is 1.38 bits per heavy atom. The van der Waals surface area contributed by atoms with Gasteiger partial charge in [-0.25, -0.2) is 0 Å². The summed E-state index contributed by atoms with van der Waals surface area (Å²) in [6.07, 6.45) is 4.67. The lowest BCUT2D eigenvalue weighted by Crippen LogP contribution is -2.48. The van der Waals surface area contributed by atoms with Crippen LogP contribution in [0.5, 0.6) is 0 Å². The third kappa shape index (κ3) is 1.53. The summed E-state index contributed by atoms with van der Waals surface area (Å²) < 4.78 is 5.42. The quantitative estimate of drug-likeness (QED) is 0.622. The summed E-state index contributed by atoms with van der Waals surface area (Å²) in [6, 6.07) is 0. The van der Waals surface area contributed by atoms with Gasteiger partial charge in [-0.3, -0.25) is 0 Å². The molecule has 0 aromatic rings. The Bertz CT molecular complexity index is 214. The molecule has 0 saturated carbocycles. The lowest BCUT2D eigenvalue weighted by atomic mass is 9.79. The zero-order valence-corrected chi connectivity index (χ0v) is 8.60. The van der Waals surface area contributed by atoms with Crippen LogP contribution in [0, 0.1) is 5.92 Å². The second-order valence-corrected chi connectivity index (χ2v) is 4.39. The Balaban J connectivity index is 2.16. The Morgan fingerprint density at radius 2 is 2.08 bits per heavy atom. The van der Waals surface area contributed by atoms with Crippen molar-refractivity contribution >= 4 is 0 Å². The summed E-state index contributed by atoms with van der Waals surface area (Å²) >= 11 is 0. The normalized spacial score (nSPS) is 26.8. The van der Waals surface area contributed by atoms with E-state index in [-0.39, 0.29) is 0 Å².